The number of hydrogen-bond donors (Lipinski definition) is 20. The maximum Gasteiger partial charge on any atom is 0.303 e. The number of carbonyl (C=O) groups excluding carboxylic acids is 12. The zero-order valence-electron chi connectivity index (χ0n) is 67.8. The number of aliphatic hydroxyl groups is 4. The molecule has 115 heavy (non-hydrogen) atoms. The number of aliphatic hydroxyl groups excluding tert-OH is 4. The van der Waals surface area contributed by atoms with Gasteiger partial charge in [-0.1, -0.05) is 77.6 Å². The Morgan fingerprint density at radius 1 is 0.539 bits per heavy atom. The Labute approximate surface area is 684 Å². The van der Waals surface area contributed by atoms with E-state index in [1.807, 2.05) is 24.3 Å². The number of aliphatic carboxylic acids is 1. The van der Waals surface area contributed by atoms with E-state index < -0.39 is 192 Å². The van der Waals surface area contributed by atoms with Gasteiger partial charge in [0.1, 0.15) is 66.5 Å². The largest absolute Gasteiger partial charge is 0.481 e. The molecule has 2 bridgehead atoms. The minimum absolute atomic E-state index is 0.00785. The first kappa shape index (κ1) is 94.9. The van der Waals surface area contributed by atoms with Crippen LogP contribution in [0.4, 0.5) is 0 Å². The average Bonchev–Trinajstić information content (AvgIpc) is 1.68. The van der Waals surface area contributed by atoms with Gasteiger partial charge in [0.25, 0.3) is 0 Å². The zero-order chi connectivity index (χ0) is 84.1. The number of benzene rings is 1. The third-order valence-electron chi connectivity index (χ3n) is 23.2. The van der Waals surface area contributed by atoms with Crippen molar-refractivity contribution in [1.29, 1.82) is 0 Å². The summed E-state index contributed by atoms with van der Waals surface area (Å²) in [5.74, 6) is -11.5. The van der Waals surface area contributed by atoms with Gasteiger partial charge in [-0.3, -0.25) is 62.3 Å². The van der Waals surface area contributed by atoms with Crippen LogP contribution in [0.5, 0.6) is 0 Å². The zero-order valence-corrected chi connectivity index (χ0v) is 69.4. The molecule has 3 heterocycles. The Bertz CT molecular complexity index is 3410. The van der Waals surface area contributed by atoms with Gasteiger partial charge in [-0.25, -0.2) is 0 Å². The number of piperidine rings is 1. The Morgan fingerprint density at radius 2 is 1.03 bits per heavy atom. The van der Waals surface area contributed by atoms with Gasteiger partial charge in [0, 0.05) is 35.9 Å². The quantitative estimate of drug-likeness (QED) is 0.0832. The number of thioether (sulfide) groups is 2. The lowest BCUT2D eigenvalue weighted by molar-refractivity contribution is -0.139. The molecule has 6 aliphatic rings. The molecule has 22 N–H and O–H groups in total. The first-order valence-electron chi connectivity index (χ1n) is 41.7. The highest BCUT2D eigenvalue weighted by molar-refractivity contribution is 7.98. The number of rotatable bonds is 19. The van der Waals surface area contributed by atoms with E-state index >= 15 is 9.59 Å². The van der Waals surface area contributed by atoms with Crippen molar-refractivity contribution in [1.82, 2.24) is 69.1 Å². The SMILES string of the molecule is CCC[C@@H]1NC(=O)[C@H](CC2CNC3NCCCC23)NC(=O)[C@H]([C@@H](C)O)NC(=O)[C@H](CCCCN)NC(=O)[C@H](CC2CCC(O)CC2)NC(=O)[C@H](C(C)(C)C)NC(=O)CCSCc2cccc(c2)CSC[C@@H](C(N)=O)NC(=O)[C@H]([C@@H](C)O)NC(=O)[C@H](C2CCCCC2)NC(=O)[C@H](CC2CCC(O)CC2)NC(=O)[C@H](CCC(=O)O)NC1=O. The summed E-state index contributed by atoms with van der Waals surface area (Å²) in [5, 5.41) is 90.9. The summed E-state index contributed by atoms with van der Waals surface area (Å²) >= 11 is 2.75. The normalized spacial score (nSPS) is 31.7. The summed E-state index contributed by atoms with van der Waals surface area (Å²) in [6, 6.07) is -8.37. The Balaban J connectivity index is 1.24. The number of hydrogen-bond acceptors (Lipinski definition) is 22. The summed E-state index contributed by atoms with van der Waals surface area (Å²) in [6.07, 6.45) is 3.52. The lowest BCUT2D eigenvalue weighted by Crippen LogP contribution is -2.63. The van der Waals surface area contributed by atoms with Crippen molar-refractivity contribution in [2.24, 2.45) is 46.5 Å². The number of fused-ring (bicyclic) bond motifs is 3. The Hall–Kier alpha value is -7.25. The third-order valence-corrected chi connectivity index (χ3v) is 25.3. The highest BCUT2D eigenvalue weighted by Gasteiger charge is 2.45. The van der Waals surface area contributed by atoms with Crippen LogP contribution in [0.25, 0.3) is 0 Å². The number of carbonyl (C=O) groups is 13. The molecular weight excluding hydrogens is 1520 g/mol. The highest BCUT2D eigenvalue weighted by atomic mass is 32.2. The Morgan fingerprint density at radius 3 is 1.58 bits per heavy atom. The van der Waals surface area contributed by atoms with E-state index in [2.05, 4.69) is 69.1 Å². The van der Waals surface area contributed by atoms with E-state index in [0.717, 1.165) is 36.9 Å². The first-order valence-corrected chi connectivity index (χ1v) is 44.0. The molecule has 0 radical (unpaired) electrons. The van der Waals surface area contributed by atoms with Crippen LogP contribution in [0.1, 0.15) is 220 Å². The average molecular weight is 1660 g/mol. The van der Waals surface area contributed by atoms with E-state index in [1.165, 1.54) is 37.4 Å². The molecule has 1 aromatic carbocycles. The molecule has 7 rings (SSSR count). The minimum atomic E-state index is -1.77. The van der Waals surface area contributed by atoms with Gasteiger partial charge in [-0.2, -0.15) is 23.5 Å². The number of unbranched alkanes of at least 4 members (excludes halogenated alkanes) is 1. The van der Waals surface area contributed by atoms with Gasteiger partial charge in [-0.05, 0) is 208 Å². The number of nitrogens with one attached hydrogen (secondary N) is 13. The van der Waals surface area contributed by atoms with E-state index in [4.69, 9.17) is 11.5 Å². The van der Waals surface area contributed by atoms with Crippen LogP contribution in [-0.4, -0.2) is 231 Å². The fourth-order valence-corrected chi connectivity index (χ4v) is 18.4. The van der Waals surface area contributed by atoms with Crippen molar-refractivity contribution in [3.8, 4) is 0 Å². The smallest absolute Gasteiger partial charge is 0.303 e. The topological polar surface area (TPSA) is 531 Å². The van der Waals surface area contributed by atoms with Gasteiger partial charge in [0.2, 0.25) is 70.9 Å². The molecule has 0 aromatic heterocycles. The lowest BCUT2D eigenvalue weighted by Gasteiger charge is -2.34. The third kappa shape index (κ3) is 30.9. The van der Waals surface area contributed by atoms with Gasteiger partial charge >= 0.3 is 5.97 Å². The fourth-order valence-electron chi connectivity index (χ4n) is 16.5. The number of primary amides is 1. The Kier molecular flexibility index (Phi) is 39.1. The maximum atomic E-state index is 15.2. The second-order valence-electron chi connectivity index (χ2n) is 33.6. The molecule has 3 aliphatic heterocycles. The van der Waals surface area contributed by atoms with Crippen molar-refractivity contribution in [2.45, 2.75) is 317 Å². The number of carboxylic acids is 1. The second kappa shape index (κ2) is 47.4. The van der Waals surface area contributed by atoms with Crippen LogP contribution in [0.15, 0.2) is 24.3 Å². The van der Waals surface area contributed by atoms with Gasteiger partial charge in [0.15, 0.2) is 0 Å². The van der Waals surface area contributed by atoms with Crippen molar-refractivity contribution < 1.29 is 87.9 Å². The summed E-state index contributed by atoms with van der Waals surface area (Å²) < 4.78 is 0. The van der Waals surface area contributed by atoms with Gasteiger partial charge in [0.05, 0.1) is 30.6 Å². The van der Waals surface area contributed by atoms with E-state index in [0.29, 0.717) is 114 Å². The molecule has 16 atom stereocenters. The van der Waals surface area contributed by atoms with E-state index in [-0.39, 0.29) is 87.1 Å². The molecule has 0 spiro atoms. The van der Waals surface area contributed by atoms with E-state index in [9.17, 15) is 78.3 Å². The molecule has 3 unspecified atom stereocenters. The fraction of sp³-hybridized carbons (Fsp3) is 0.762. The number of carboxylic acid groups (broad SMARTS) is 1. The van der Waals surface area contributed by atoms with Crippen LogP contribution in [0, 0.1) is 35.0 Å². The monoisotopic (exact) mass is 1650 g/mol. The van der Waals surface area contributed by atoms with Crippen molar-refractivity contribution >= 4 is 100 Å². The van der Waals surface area contributed by atoms with Crippen LogP contribution in [0.3, 0.4) is 0 Å². The van der Waals surface area contributed by atoms with E-state index in [1.54, 1.807) is 27.7 Å². The minimum Gasteiger partial charge on any atom is -0.481 e. The first-order chi connectivity index (χ1) is 54.7. The van der Waals surface area contributed by atoms with Crippen molar-refractivity contribution in [2.75, 3.05) is 31.1 Å². The second-order valence-corrected chi connectivity index (χ2v) is 35.8. The molecule has 3 saturated carbocycles. The predicted molar refractivity (Wildman–Crippen MR) is 434 cm³/mol. The van der Waals surface area contributed by atoms with Crippen molar-refractivity contribution in [3.63, 3.8) is 0 Å². The molecule has 3 aliphatic carbocycles. The molecule has 1 aromatic rings. The molecule has 2 saturated heterocycles. The predicted octanol–water partition coefficient (Wildman–Crippen LogP) is 0.374. The summed E-state index contributed by atoms with van der Waals surface area (Å²) in [6.45, 7) is 10.9. The van der Waals surface area contributed by atoms with Gasteiger partial charge in [-0.15, -0.1) is 0 Å². The van der Waals surface area contributed by atoms with Crippen LogP contribution < -0.4 is 80.6 Å². The van der Waals surface area contributed by atoms with Crippen molar-refractivity contribution in [3.05, 3.63) is 35.4 Å². The molecule has 33 nitrogen and oxygen atoms in total. The summed E-state index contributed by atoms with van der Waals surface area (Å²) in [7, 11) is 0. The standard InChI is InChI=1S/C80H131N15O18S2/c1-7-15-55-70(104)87-57(30-31-63(101)102)71(105)88-59(38-47-24-28-53(99)29-25-47)75(109)95-66(50-18-9-8-10-19-50)78(112)94-65(45(3)97)77(111)91-61(68(82)103)43-115-42-49-17-13-16-48(36-49)41-114-35-32-62(100)92-67(80(4,5)6)79(113)90-58(37-46-22-26-52(98)27-23-46)73(107)86-56(21-11-12-33-81)72(106)93-64(44(2)96)76(110)89-60(74(108)85-55)39-51-40-84-69-54(51)20-14-34-83-69/h13,16-17,36,44-47,50-61,64-67,69,83-84,96-99H,7-12,14-15,18-35,37-43,81H2,1-6H3,(H2,82,103)(H,85,108)(H,86,107)(H,87,104)(H,88,105)(H,89,110)(H,90,113)(H,91,111)(H,92,100)(H,93,106)(H,94,112)(H,95,109)(H,101,102)/t44-,45-,46?,47?,51?,52?,53?,54?,55+,56+,57+,58+,59+,60+,61+,64+,65+,66+,67-,69?/m1/s1. The molecule has 5 fully saturated rings. The molecule has 35 heteroatoms. The number of amides is 12. The molecule has 12 amide bonds. The van der Waals surface area contributed by atoms with Crippen LogP contribution >= 0.6 is 23.5 Å². The van der Waals surface area contributed by atoms with Crippen LogP contribution in [-0.2, 0) is 73.8 Å². The molecular formula is C80H131N15O18S2. The maximum absolute atomic E-state index is 15.2. The number of nitrogens with two attached hydrogens (primary N) is 2. The summed E-state index contributed by atoms with van der Waals surface area (Å²) in [4.78, 5) is 188. The highest BCUT2D eigenvalue weighted by Crippen LogP contribution is 2.34. The molecule has 646 valence electrons. The van der Waals surface area contributed by atoms with Crippen LogP contribution in [0.2, 0.25) is 0 Å². The lowest BCUT2D eigenvalue weighted by atomic mass is 9.82. The summed E-state index contributed by atoms with van der Waals surface area (Å²) in [5.41, 5.74) is 12.7. The van der Waals surface area contributed by atoms with Gasteiger partial charge < -0.3 is 106 Å².